The van der Waals surface area contributed by atoms with Gasteiger partial charge in [-0.3, -0.25) is 4.79 Å². The second-order valence-corrected chi connectivity index (χ2v) is 7.92. The van der Waals surface area contributed by atoms with E-state index in [1.54, 1.807) is 19.5 Å². The number of methoxy groups -OCH3 is 1. The van der Waals surface area contributed by atoms with Gasteiger partial charge in [-0.2, -0.15) is 16.9 Å². The standard InChI is InChI=1S/C20H22N4O2S/c1-13-3-5-14(6-4-13)23-20(25)17-11-21-19-16(18(17)26-2)12-22-24(19)15-7-9-27-10-8-15/h3-6,11-12,15H,7-10H2,1-2H3,(H,23,25). The highest BCUT2D eigenvalue weighted by atomic mass is 32.2. The molecule has 7 heteroatoms. The summed E-state index contributed by atoms with van der Waals surface area (Å²) in [6.07, 6.45) is 5.51. The van der Waals surface area contributed by atoms with Crippen molar-refractivity contribution in [1.29, 1.82) is 0 Å². The van der Waals surface area contributed by atoms with Crippen molar-refractivity contribution >= 4 is 34.4 Å². The van der Waals surface area contributed by atoms with Crippen LogP contribution in [0.2, 0.25) is 0 Å². The van der Waals surface area contributed by atoms with Gasteiger partial charge in [-0.25, -0.2) is 9.67 Å². The van der Waals surface area contributed by atoms with E-state index >= 15 is 0 Å². The number of carbonyl (C=O) groups excluding carboxylic acids is 1. The number of fused-ring (bicyclic) bond motifs is 1. The lowest BCUT2D eigenvalue weighted by Gasteiger charge is -2.22. The predicted molar refractivity (Wildman–Crippen MR) is 109 cm³/mol. The number of benzene rings is 1. The lowest BCUT2D eigenvalue weighted by molar-refractivity contribution is 0.102. The highest BCUT2D eigenvalue weighted by molar-refractivity contribution is 7.99. The molecule has 6 nitrogen and oxygen atoms in total. The molecule has 3 aromatic rings. The van der Waals surface area contributed by atoms with Gasteiger partial charge in [-0.15, -0.1) is 0 Å². The zero-order valence-electron chi connectivity index (χ0n) is 15.4. The summed E-state index contributed by atoms with van der Waals surface area (Å²) in [6, 6.07) is 8.03. The van der Waals surface area contributed by atoms with Crippen LogP contribution in [-0.2, 0) is 0 Å². The number of nitrogens with one attached hydrogen (secondary N) is 1. The first-order valence-corrected chi connectivity index (χ1v) is 10.2. The topological polar surface area (TPSA) is 69.0 Å². The molecule has 0 unspecified atom stereocenters. The van der Waals surface area contributed by atoms with Crippen LogP contribution in [0.5, 0.6) is 5.75 Å². The number of amides is 1. The number of pyridine rings is 1. The zero-order chi connectivity index (χ0) is 18.8. The van der Waals surface area contributed by atoms with Crippen LogP contribution < -0.4 is 10.1 Å². The van der Waals surface area contributed by atoms with Crippen molar-refractivity contribution in [2.45, 2.75) is 25.8 Å². The van der Waals surface area contributed by atoms with Gasteiger partial charge in [-0.1, -0.05) is 17.7 Å². The Morgan fingerprint density at radius 3 is 2.67 bits per heavy atom. The molecule has 0 atom stereocenters. The normalized spacial score (nSPS) is 15.0. The van der Waals surface area contributed by atoms with E-state index in [9.17, 15) is 4.79 Å². The van der Waals surface area contributed by atoms with Crippen molar-refractivity contribution in [2.75, 3.05) is 23.9 Å². The number of thioether (sulfide) groups is 1. The monoisotopic (exact) mass is 382 g/mol. The molecule has 1 aliphatic heterocycles. The van der Waals surface area contributed by atoms with Crippen molar-refractivity contribution in [1.82, 2.24) is 14.8 Å². The van der Waals surface area contributed by atoms with Crippen LogP contribution in [0.25, 0.3) is 11.0 Å². The van der Waals surface area contributed by atoms with E-state index in [-0.39, 0.29) is 5.91 Å². The van der Waals surface area contributed by atoms with Crippen molar-refractivity contribution < 1.29 is 9.53 Å². The zero-order valence-corrected chi connectivity index (χ0v) is 16.3. The average molecular weight is 382 g/mol. The fraction of sp³-hybridized carbons (Fsp3) is 0.350. The molecule has 1 aromatic carbocycles. The molecule has 140 valence electrons. The van der Waals surface area contributed by atoms with Crippen molar-refractivity contribution in [3.05, 3.63) is 47.8 Å². The van der Waals surface area contributed by atoms with Gasteiger partial charge < -0.3 is 10.1 Å². The number of hydrogen-bond donors (Lipinski definition) is 1. The molecule has 27 heavy (non-hydrogen) atoms. The highest BCUT2D eigenvalue weighted by Gasteiger charge is 2.23. The van der Waals surface area contributed by atoms with Crippen LogP contribution in [0, 0.1) is 6.92 Å². The molecule has 1 fully saturated rings. The number of nitrogens with zero attached hydrogens (tertiary/aromatic N) is 3. The van der Waals surface area contributed by atoms with Gasteiger partial charge in [0.1, 0.15) is 11.3 Å². The van der Waals surface area contributed by atoms with E-state index < -0.39 is 0 Å². The van der Waals surface area contributed by atoms with Gasteiger partial charge in [0.25, 0.3) is 5.91 Å². The molecular weight excluding hydrogens is 360 g/mol. The molecule has 3 heterocycles. The summed E-state index contributed by atoms with van der Waals surface area (Å²) in [6.45, 7) is 2.01. The van der Waals surface area contributed by atoms with Crippen LogP contribution in [0.15, 0.2) is 36.7 Å². The number of hydrogen-bond acceptors (Lipinski definition) is 5. The lowest BCUT2D eigenvalue weighted by atomic mass is 10.1. The van der Waals surface area contributed by atoms with Gasteiger partial charge in [0.05, 0.1) is 24.7 Å². The third-order valence-electron chi connectivity index (χ3n) is 4.87. The Hall–Kier alpha value is -2.54. The second kappa shape index (κ2) is 7.60. The third-order valence-corrected chi connectivity index (χ3v) is 5.92. The Balaban J connectivity index is 1.67. The Bertz CT molecular complexity index is 962. The summed E-state index contributed by atoms with van der Waals surface area (Å²) in [7, 11) is 1.58. The van der Waals surface area contributed by atoms with E-state index in [0.29, 0.717) is 17.4 Å². The predicted octanol–water partition coefficient (Wildman–Crippen LogP) is 4.07. The molecule has 1 saturated heterocycles. The Kier molecular flexibility index (Phi) is 5.03. The minimum atomic E-state index is -0.244. The first-order chi connectivity index (χ1) is 13.2. The molecule has 1 aliphatic rings. The number of aryl methyl sites for hydroxylation is 1. The first-order valence-electron chi connectivity index (χ1n) is 9.03. The van der Waals surface area contributed by atoms with Gasteiger partial charge in [0.2, 0.25) is 0 Å². The molecule has 0 saturated carbocycles. The first kappa shape index (κ1) is 17.9. The van der Waals surface area contributed by atoms with E-state index in [1.165, 1.54) is 0 Å². The van der Waals surface area contributed by atoms with E-state index in [4.69, 9.17) is 4.74 Å². The number of aromatic nitrogens is 3. The maximum atomic E-state index is 12.8. The number of ether oxygens (including phenoxy) is 1. The van der Waals surface area contributed by atoms with Crippen molar-refractivity contribution in [2.24, 2.45) is 0 Å². The second-order valence-electron chi connectivity index (χ2n) is 6.70. The van der Waals surface area contributed by atoms with E-state index in [0.717, 1.165) is 46.6 Å². The van der Waals surface area contributed by atoms with Gasteiger partial charge in [0.15, 0.2) is 5.65 Å². The molecular formula is C20H22N4O2S. The van der Waals surface area contributed by atoms with Crippen LogP contribution in [-0.4, -0.2) is 39.3 Å². The number of rotatable bonds is 4. The van der Waals surface area contributed by atoms with E-state index in [1.807, 2.05) is 47.6 Å². The summed E-state index contributed by atoms with van der Waals surface area (Å²) >= 11 is 1.98. The summed E-state index contributed by atoms with van der Waals surface area (Å²) in [5.74, 6) is 2.55. The lowest BCUT2D eigenvalue weighted by Crippen LogP contribution is -2.17. The Labute approximate surface area is 162 Å². The Morgan fingerprint density at radius 2 is 1.96 bits per heavy atom. The molecule has 0 aliphatic carbocycles. The van der Waals surface area contributed by atoms with Crippen LogP contribution >= 0.6 is 11.8 Å². The minimum Gasteiger partial charge on any atom is -0.495 e. The van der Waals surface area contributed by atoms with Crippen LogP contribution in [0.3, 0.4) is 0 Å². The molecule has 0 bridgehead atoms. The molecule has 0 radical (unpaired) electrons. The van der Waals surface area contributed by atoms with Gasteiger partial charge in [0, 0.05) is 11.9 Å². The molecule has 0 spiro atoms. The largest absolute Gasteiger partial charge is 0.495 e. The molecule has 2 aromatic heterocycles. The van der Waals surface area contributed by atoms with Gasteiger partial charge in [-0.05, 0) is 43.4 Å². The minimum absolute atomic E-state index is 0.244. The highest BCUT2D eigenvalue weighted by Crippen LogP contribution is 2.33. The van der Waals surface area contributed by atoms with Crippen LogP contribution in [0.1, 0.15) is 34.8 Å². The fourth-order valence-corrected chi connectivity index (χ4v) is 4.47. The van der Waals surface area contributed by atoms with Crippen molar-refractivity contribution in [3.63, 3.8) is 0 Å². The summed E-state index contributed by atoms with van der Waals surface area (Å²) in [5.41, 5.74) is 3.06. The summed E-state index contributed by atoms with van der Waals surface area (Å²) < 4.78 is 7.56. The maximum absolute atomic E-state index is 12.8. The smallest absolute Gasteiger partial charge is 0.261 e. The maximum Gasteiger partial charge on any atom is 0.261 e. The molecule has 1 N–H and O–H groups in total. The number of anilines is 1. The number of carbonyl (C=O) groups is 1. The van der Waals surface area contributed by atoms with E-state index in [2.05, 4.69) is 15.4 Å². The van der Waals surface area contributed by atoms with Gasteiger partial charge >= 0.3 is 0 Å². The molecule has 1 amide bonds. The quantitative estimate of drug-likeness (QED) is 0.737. The fourth-order valence-electron chi connectivity index (χ4n) is 3.39. The molecule has 4 rings (SSSR count). The SMILES string of the molecule is COc1c(C(=O)Nc2ccc(C)cc2)cnc2c1cnn2C1CCSCC1. The van der Waals surface area contributed by atoms with Crippen molar-refractivity contribution in [3.8, 4) is 5.75 Å². The third kappa shape index (κ3) is 3.51. The van der Waals surface area contributed by atoms with Crippen LogP contribution in [0.4, 0.5) is 5.69 Å². The Morgan fingerprint density at radius 1 is 1.22 bits per heavy atom. The summed E-state index contributed by atoms with van der Waals surface area (Å²) in [4.78, 5) is 17.3. The summed E-state index contributed by atoms with van der Waals surface area (Å²) in [5, 5.41) is 8.23. The average Bonchev–Trinajstić information content (AvgIpc) is 3.13.